The van der Waals surface area contributed by atoms with E-state index >= 15 is 0 Å². The first-order chi connectivity index (χ1) is 8.20. The Balaban J connectivity index is 2.54. The fraction of sp³-hybridized carbons (Fsp3) is 0.857. The van der Waals surface area contributed by atoms with Crippen LogP contribution in [-0.2, 0) is 9.59 Å². The van der Waals surface area contributed by atoms with E-state index in [1.807, 2.05) is 4.90 Å². The lowest BCUT2D eigenvalue weighted by atomic mass is 10.0. The summed E-state index contributed by atoms with van der Waals surface area (Å²) in [6, 6.07) is 0. The molecule has 1 saturated carbocycles. The van der Waals surface area contributed by atoms with Crippen molar-refractivity contribution in [2.75, 3.05) is 13.1 Å². The Hall–Kier alpha value is -0.860. The second kappa shape index (κ2) is 7.46. The lowest BCUT2D eigenvalue weighted by Crippen LogP contribution is -2.39. The molecule has 98 valence electrons. The van der Waals surface area contributed by atoms with Crippen molar-refractivity contribution >= 4 is 11.7 Å². The van der Waals surface area contributed by atoms with Crippen LogP contribution in [0.2, 0.25) is 0 Å². The molecule has 1 atom stereocenters. The van der Waals surface area contributed by atoms with Crippen LogP contribution in [0.4, 0.5) is 0 Å². The van der Waals surface area contributed by atoms with E-state index in [9.17, 15) is 9.59 Å². The number of unbranched alkanes of at least 4 members (excludes halogenated alkanes) is 2. The number of rotatable bonds is 7. The van der Waals surface area contributed by atoms with Crippen LogP contribution in [0.25, 0.3) is 0 Å². The Morgan fingerprint density at radius 1 is 1.24 bits per heavy atom. The standard InChI is InChI=1S/C14H25NO2/c1-3-5-10-15(11-6-4-2)14(17)12-8-7-9-13(12)16/h12H,3-11H2,1-2H3. The number of ketones is 1. The van der Waals surface area contributed by atoms with Crippen molar-refractivity contribution in [3.63, 3.8) is 0 Å². The lowest BCUT2D eigenvalue weighted by Gasteiger charge is -2.25. The molecule has 0 heterocycles. The van der Waals surface area contributed by atoms with Crippen molar-refractivity contribution in [1.82, 2.24) is 4.90 Å². The van der Waals surface area contributed by atoms with Gasteiger partial charge >= 0.3 is 0 Å². The van der Waals surface area contributed by atoms with Gasteiger partial charge in [-0.25, -0.2) is 0 Å². The monoisotopic (exact) mass is 239 g/mol. The molecule has 0 saturated heterocycles. The molecule has 1 unspecified atom stereocenters. The summed E-state index contributed by atoms with van der Waals surface area (Å²) in [7, 11) is 0. The van der Waals surface area contributed by atoms with E-state index in [4.69, 9.17) is 0 Å². The summed E-state index contributed by atoms with van der Waals surface area (Å²) in [6.45, 7) is 5.89. The maximum absolute atomic E-state index is 12.3. The van der Waals surface area contributed by atoms with Gasteiger partial charge in [0.2, 0.25) is 5.91 Å². The molecule has 0 bridgehead atoms. The van der Waals surface area contributed by atoms with Gasteiger partial charge in [-0.15, -0.1) is 0 Å². The SMILES string of the molecule is CCCCN(CCCC)C(=O)C1CCCC1=O. The molecular weight excluding hydrogens is 214 g/mol. The molecule has 3 nitrogen and oxygen atoms in total. The molecule has 1 aliphatic carbocycles. The molecule has 1 aliphatic rings. The fourth-order valence-corrected chi connectivity index (χ4v) is 2.33. The quantitative estimate of drug-likeness (QED) is 0.641. The maximum Gasteiger partial charge on any atom is 0.233 e. The number of nitrogens with zero attached hydrogens (tertiary/aromatic N) is 1. The molecule has 1 fully saturated rings. The topological polar surface area (TPSA) is 37.4 Å². The number of carbonyl (C=O) groups is 2. The second-order valence-electron chi connectivity index (χ2n) is 4.94. The molecule has 3 heteroatoms. The summed E-state index contributed by atoms with van der Waals surface area (Å²) in [5, 5.41) is 0. The molecule has 0 aliphatic heterocycles. The minimum atomic E-state index is -0.316. The molecule has 0 radical (unpaired) electrons. The van der Waals surface area contributed by atoms with E-state index in [0.717, 1.165) is 51.6 Å². The first kappa shape index (κ1) is 14.2. The fourth-order valence-electron chi connectivity index (χ4n) is 2.33. The minimum Gasteiger partial charge on any atom is -0.342 e. The van der Waals surface area contributed by atoms with Gasteiger partial charge in [0.15, 0.2) is 0 Å². The van der Waals surface area contributed by atoms with E-state index in [1.54, 1.807) is 0 Å². The second-order valence-corrected chi connectivity index (χ2v) is 4.94. The molecule has 0 spiro atoms. The zero-order chi connectivity index (χ0) is 12.7. The van der Waals surface area contributed by atoms with E-state index < -0.39 is 0 Å². The van der Waals surface area contributed by atoms with Crippen LogP contribution in [-0.4, -0.2) is 29.7 Å². The summed E-state index contributed by atoms with van der Waals surface area (Å²) in [5.41, 5.74) is 0. The minimum absolute atomic E-state index is 0.0920. The number of hydrogen-bond donors (Lipinski definition) is 0. The van der Waals surface area contributed by atoms with Crippen LogP contribution in [0.1, 0.15) is 58.8 Å². The third kappa shape index (κ3) is 4.14. The van der Waals surface area contributed by atoms with Gasteiger partial charge in [-0.1, -0.05) is 26.7 Å². The average molecular weight is 239 g/mol. The van der Waals surface area contributed by atoms with Crippen LogP contribution < -0.4 is 0 Å². The normalized spacial score (nSPS) is 19.6. The largest absolute Gasteiger partial charge is 0.342 e. The van der Waals surface area contributed by atoms with Crippen molar-refractivity contribution in [2.45, 2.75) is 58.8 Å². The van der Waals surface area contributed by atoms with E-state index in [-0.39, 0.29) is 17.6 Å². The van der Waals surface area contributed by atoms with Crippen LogP contribution in [0.3, 0.4) is 0 Å². The van der Waals surface area contributed by atoms with Crippen molar-refractivity contribution < 1.29 is 9.59 Å². The highest BCUT2D eigenvalue weighted by molar-refractivity contribution is 6.02. The highest BCUT2D eigenvalue weighted by atomic mass is 16.2. The first-order valence-corrected chi connectivity index (χ1v) is 7.02. The van der Waals surface area contributed by atoms with Crippen LogP contribution >= 0.6 is 0 Å². The van der Waals surface area contributed by atoms with Gasteiger partial charge in [-0.05, 0) is 25.7 Å². The molecule has 1 amide bonds. The maximum atomic E-state index is 12.3. The van der Waals surface area contributed by atoms with Gasteiger partial charge < -0.3 is 4.90 Å². The Bertz CT molecular complexity index is 255. The van der Waals surface area contributed by atoms with E-state index in [2.05, 4.69) is 13.8 Å². The Labute approximate surface area is 105 Å². The Kier molecular flexibility index (Phi) is 6.23. The summed E-state index contributed by atoms with van der Waals surface area (Å²) >= 11 is 0. The van der Waals surface area contributed by atoms with Gasteiger partial charge in [-0.3, -0.25) is 9.59 Å². The smallest absolute Gasteiger partial charge is 0.233 e. The zero-order valence-corrected chi connectivity index (χ0v) is 11.2. The lowest BCUT2D eigenvalue weighted by molar-refractivity contribution is -0.140. The van der Waals surface area contributed by atoms with Crippen LogP contribution in [0.15, 0.2) is 0 Å². The molecular formula is C14H25NO2. The molecule has 0 aromatic carbocycles. The highest BCUT2D eigenvalue weighted by Crippen LogP contribution is 2.23. The van der Waals surface area contributed by atoms with Crippen molar-refractivity contribution in [3.8, 4) is 0 Å². The number of hydrogen-bond acceptors (Lipinski definition) is 2. The third-order valence-corrected chi connectivity index (χ3v) is 3.48. The van der Waals surface area contributed by atoms with Crippen molar-refractivity contribution in [1.29, 1.82) is 0 Å². The molecule has 0 N–H and O–H groups in total. The third-order valence-electron chi connectivity index (χ3n) is 3.48. The van der Waals surface area contributed by atoms with Crippen LogP contribution in [0, 0.1) is 5.92 Å². The number of Topliss-reactive ketones (excluding diaryl/α,β-unsaturated/α-hetero) is 1. The van der Waals surface area contributed by atoms with Gasteiger partial charge in [0.05, 0.1) is 5.92 Å². The van der Waals surface area contributed by atoms with E-state index in [1.165, 1.54) is 0 Å². The molecule has 0 aromatic rings. The number of carbonyl (C=O) groups excluding carboxylic acids is 2. The summed E-state index contributed by atoms with van der Waals surface area (Å²) in [6.07, 6.45) is 6.53. The first-order valence-electron chi connectivity index (χ1n) is 7.02. The van der Waals surface area contributed by atoms with Crippen LogP contribution in [0.5, 0.6) is 0 Å². The summed E-state index contributed by atoms with van der Waals surface area (Å²) in [5.74, 6) is -0.0638. The van der Waals surface area contributed by atoms with Gasteiger partial charge in [0, 0.05) is 19.5 Å². The van der Waals surface area contributed by atoms with Gasteiger partial charge in [0.1, 0.15) is 5.78 Å². The predicted molar refractivity (Wildman–Crippen MR) is 68.7 cm³/mol. The van der Waals surface area contributed by atoms with Gasteiger partial charge in [0.25, 0.3) is 0 Å². The summed E-state index contributed by atoms with van der Waals surface area (Å²) in [4.78, 5) is 25.8. The molecule has 1 rings (SSSR count). The Morgan fingerprint density at radius 3 is 2.24 bits per heavy atom. The predicted octanol–water partition coefficient (Wildman–Crippen LogP) is 2.78. The molecule has 0 aromatic heterocycles. The van der Waals surface area contributed by atoms with Gasteiger partial charge in [-0.2, -0.15) is 0 Å². The Morgan fingerprint density at radius 2 is 1.82 bits per heavy atom. The molecule has 17 heavy (non-hydrogen) atoms. The van der Waals surface area contributed by atoms with E-state index in [0.29, 0.717) is 6.42 Å². The average Bonchev–Trinajstić information content (AvgIpc) is 2.75. The van der Waals surface area contributed by atoms with Crippen molar-refractivity contribution in [2.24, 2.45) is 5.92 Å². The highest BCUT2D eigenvalue weighted by Gasteiger charge is 2.33. The zero-order valence-electron chi connectivity index (χ0n) is 11.2. The van der Waals surface area contributed by atoms with Crippen molar-refractivity contribution in [3.05, 3.63) is 0 Å². The summed E-state index contributed by atoms with van der Waals surface area (Å²) < 4.78 is 0. The number of amides is 1.